The molecule has 0 radical (unpaired) electrons. The predicted molar refractivity (Wildman–Crippen MR) is 109 cm³/mol. The number of carboxylic acids is 2. The Morgan fingerprint density at radius 2 is 1.53 bits per heavy atom. The van der Waals surface area contributed by atoms with Crippen LogP contribution in [0.25, 0.3) is 16.6 Å². The number of aliphatic carboxylic acids is 2. The van der Waals surface area contributed by atoms with Crippen molar-refractivity contribution in [3.05, 3.63) is 47.0 Å². The molecule has 0 atom stereocenters. The van der Waals surface area contributed by atoms with E-state index in [0.717, 1.165) is 11.7 Å². The summed E-state index contributed by atoms with van der Waals surface area (Å²) in [7, 11) is 4.33. The first-order valence-electron chi connectivity index (χ1n) is 8.60. The molecule has 3 rings (SSSR count). The van der Waals surface area contributed by atoms with Crippen LogP contribution in [0.2, 0.25) is 0 Å². The fraction of sp³-hybridized carbons (Fsp3) is 0.200. The molecule has 0 saturated carbocycles. The monoisotopic (exact) mass is 430 g/mol. The quantitative estimate of drug-likeness (QED) is 0.518. The normalized spacial score (nSPS) is 11.7. The zero-order valence-electron chi connectivity index (χ0n) is 16.3. The molecule has 0 aliphatic rings. The van der Waals surface area contributed by atoms with Gasteiger partial charge >= 0.3 is 11.9 Å². The van der Waals surface area contributed by atoms with E-state index in [0.29, 0.717) is 33.8 Å². The second-order valence-corrected chi connectivity index (χ2v) is 6.67. The Kier molecular flexibility index (Phi) is 6.17. The molecule has 0 amide bonds. The number of fused-ring (bicyclic) bond motifs is 1. The number of aromatic nitrogens is 2. The van der Waals surface area contributed by atoms with Crippen LogP contribution in [0.15, 0.2) is 35.9 Å². The van der Waals surface area contributed by atoms with Gasteiger partial charge in [-0.2, -0.15) is 8.75 Å². The molecule has 0 spiro atoms. The van der Waals surface area contributed by atoms with Crippen LogP contribution in [-0.4, -0.2) is 52.2 Å². The van der Waals surface area contributed by atoms with E-state index >= 15 is 0 Å². The first kappa shape index (κ1) is 21.1. The van der Waals surface area contributed by atoms with Gasteiger partial charge in [-0.05, 0) is 35.4 Å². The zero-order valence-corrected chi connectivity index (χ0v) is 17.1. The Bertz CT molecular complexity index is 1130. The van der Waals surface area contributed by atoms with Gasteiger partial charge in [0.25, 0.3) is 0 Å². The van der Waals surface area contributed by atoms with Crippen molar-refractivity contribution in [2.45, 2.75) is 6.42 Å². The van der Waals surface area contributed by atoms with Crippen LogP contribution < -0.4 is 14.2 Å². The molecule has 0 saturated heterocycles. The van der Waals surface area contributed by atoms with Gasteiger partial charge in [-0.25, -0.2) is 9.59 Å². The molecule has 10 heteroatoms. The third-order valence-electron chi connectivity index (χ3n) is 4.42. The van der Waals surface area contributed by atoms with Crippen molar-refractivity contribution in [1.29, 1.82) is 0 Å². The predicted octanol–water partition coefficient (Wildman–Crippen LogP) is 2.88. The highest BCUT2D eigenvalue weighted by Crippen LogP contribution is 2.39. The van der Waals surface area contributed by atoms with Crippen molar-refractivity contribution < 1.29 is 34.0 Å². The van der Waals surface area contributed by atoms with Crippen LogP contribution in [0, 0.1) is 0 Å². The number of hydrogen-bond acceptors (Lipinski definition) is 8. The Morgan fingerprint density at radius 3 is 2.07 bits per heavy atom. The van der Waals surface area contributed by atoms with Crippen molar-refractivity contribution >= 4 is 40.3 Å². The molecule has 2 N–H and O–H groups in total. The largest absolute Gasteiger partial charge is 0.493 e. The van der Waals surface area contributed by atoms with Gasteiger partial charge in [-0.1, -0.05) is 6.07 Å². The molecule has 1 aromatic heterocycles. The molecule has 2 aromatic carbocycles. The Morgan fingerprint density at radius 1 is 0.900 bits per heavy atom. The number of nitrogens with zero attached hydrogens (tertiary/aromatic N) is 2. The van der Waals surface area contributed by atoms with E-state index in [1.165, 1.54) is 33.5 Å². The number of ether oxygens (including phenoxy) is 3. The average Bonchev–Trinajstić information content (AvgIpc) is 3.20. The Balaban J connectivity index is 2.16. The summed E-state index contributed by atoms with van der Waals surface area (Å²) in [5.41, 5.74) is 1.19. The van der Waals surface area contributed by atoms with Crippen molar-refractivity contribution in [1.82, 2.24) is 8.75 Å². The maximum atomic E-state index is 12.0. The number of carbonyl (C=O) groups is 2. The highest BCUT2D eigenvalue weighted by Gasteiger charge is 2.24. The Labute approximate surface area is 175 Å². The van der Waals surface area contributed by atoms with Gasteiger partial charge in [0.05, 0.1) is 44.2 Å². The summed E-state index contributed by atoms with van der Waals surface area (Å²) in [5, 5.41) is 19.6. The van der Waals surface area contributed by atoms with E-state index in [-0.39, 0.29) is 23.1 Å². The van der Waals surface area contributed by atoms with Crippen LogP contribution in [0.5, 0.6) is 17.2 Å². The average molecular weight is 430 g/mol. The lowest BCUT2D eigenvalue weighted by Crippen LogP contribution is -2.13. The minimum absolute atomic E-state index is 0.180. The fourth-order valence-electron chi connectivity index (χ4n) is 3.08. The topological polar surface area (TPSA) is 128 Å². The zero-order chi connectivity index (χ0) is 21.8. The van der Waals surface area contributed by atoms with E-state index in [9.17, 15) is 19.8 Å². The first-order valence-corrected chi connectivity index (χ1v) is 9.34. The highest BCUT2D eigenvalue weighted by molar-refractivity contribution is 7.00. The summed E-state index contributed by atoms with van der Waals surface area (Å²) in [6.07, 6.45) is -0.180. The number of carboxylic acid groups (broad SMARTS) is 2. The molecule has 30 heavy (non-hydrogen) atoms. The molecule has 3 aromatic rings. The van der Waals surface area contributed by atoms with Gasteiger partial charge in [-0.3, -0.25) is 0 Å². The highest BCUT2D eigenvalue weighted by atomic mass is 32.1. The molecule has 156 valence electrons. The summed E-state index contributed by atoms with van der Waals surface area (Å²) in [5.74, 6) is -1.68. The standard InChI is InChI=1S/C20H18N2O7S/c1-27-15-7-10(8-16(28-2)18(15)29-3)6-12(19(23)24)17(20(25)26)11-4-5-13-14(9-11)22-30-21-13/h4-5,7-9H,6H2,1-3H3,(H,23,24)(H,25,26)/b17-12-. The molecule has 0 aliphatic carbocycles. The minimum Gasteiger partial charge on any atom is -0.493 e. The van der Waals surface area contributed by atoms with Crippen molar-refractivity contribution in [2.24, 2.45) is 0 Å². The van der Waals surface area contributed by atoms with E-state index in [2.05, 4.69) is 8.75 Å². The van der Waals surface area contributed by atoms with Crippen molar-refractivity contribution in [3.63, 3.8) is 0 Å². The van der Waals surface area contributed by atoms with Gasteiger partial charge in [0.1, 0.15) is 11.0 Å². The third kappa shape index (κ3) is 4.03. The second-order valence-electron chi connectivity index (χ2n) is 6.14. The van der Waals surface area contributed by atoms with Gasteiger partial charge < -0.3 is 24.4 Å². The van der Waals surface area contributed by atoms with Gasteiger partial charge in [-0.15, -0.1) is 0 Å². The number of hydrogen-bond donors (Lipinski definition) is 2. The lowest BCUT2D eigenvalue weighted by atomic mass is 9.94. The lowest BCUT2D eigenvalue weighted by Gasteiger charge is -2.15. The van der Waals surface area contributed by atoms with Crippen LogP contribution >= 0.6 is 11.7 Å². The second kappa shape index (κ2) is 8.78. The number of methoxy groups -OCH3 is 3. The first-order chi connectivity index (χ1) is 14.4. The Hall–Kier alpha value is -3.66. The molecule has 9 nitrogen and oxygen atoms in total. The molecular formula is C20H18N2O7S. The third-order valence-corrected chi connectivity index (χ3v) is 4.98. The minimum atomic E-state index is -1.36. The van der Waals surface area contributed by atoms with Gasteiger partial charge in [0, 0.05) is 6.42 Å². The summed E-state index contributed by atoms with van der Waals surface area (Å²) in [6, 6.07) is 7.80. The van der Waals surface area contributed by atoms with Gasteiger partial charge in [0.2, 0.25) is 5.75 Å². The lowest BCUT2D eigenvalue weighted by molar-refractivity contribution is -0.134. The molecular weight excluding hydrogens is 412 g/mol. The molecule has 1 heterocycles. The summed E-state index contributed by atoms with van der Waals surface area (Å²) in [6.45, 7) is 0. The molecule has 0 aliphatic heterocycles. The van der Waals surface area contributed by atoms with Crippen LogP contribution in [0.3, 0.4) is 0 Å². The summed E-state index contributed by atoms with van der Waals surface area (Å²) in [4.78, 5) is 24.1. The van der Waals surface area contributed by atoms with Crippen LogP contribution in [-0.2, 0) is 16.0 Å². The van der Waals surface area contributed by atoms with Crippen LogP contribution in [0.1, 0.15) is 11.1 Å². The summed E-state index contributed by atoms with van der Waals surface area (Å²) >= 11 is 0.991. The number of benzene rings is 2. The SMILES string of the molecule is COc1cc(C/C(C(=O)O)=C(/C(=O)O)c2ccc3nsnc3c2)cc(OC)c1OC. The maximum absolute atomic E-state index is 12.0. The molecule has 0 bridgehead atoms. The van der Waals surface area contributed by atoms with E-state index < -0.39 is 11.9 Å². The van der Waals surface area contributed by atoms with Crippen molar-refractivity contribution in [2.75, 3.05) is 21.3 Å². The molecule has 0 unspecified atom stereocenters. The summed E-state index contributed by atoms with van der Waals surface area (Å²) < 4.78 is 24.0. The van der Waals surface area contributed by atoms with E-state index in [1.807, 2.05) is 0 Å². The fourth-order valence-corrected chi connectivity index (χ4v) is 3.59. The van der Waals surface area contributed by atoms with Gasteiger partial charge in [0.15, 0.2) is 11.5 Å². The van der Waals surface area contributed by atoms with Crippen LogP contribution in [0.4, 0.5) is 0 Å². The van der Waals surface area contributed by atoms with E-state index in [4.69, 9.17) is 14.2 Å². The smallest absolute Gasteiger partial charge is 0.336 e. The maximum Gasteiger partial charge on any atom is 0.336 e. The number of rotatable bonds is 8. The van der Waals surface area contributed by atoms with Crippen molar-refractivity contribution in [3.8, 4) is 17.2 Å². The van der Waals surface area contributed by atoms with E-state index in [1.54, 1.807) is 18.2 Å². The molecule has 0 fully saturated rings.